The smallest absolute Gasteiger partial charge is 0.137 e. The summed E-state index contributed by atoms with van der Waals surface area (Å²) in [4.78, 5) is 2.31. The number of benzene rings is 9. The fourth-order valence-electron chi connectivity index (χ4n) is 9.68. The lowest BCUT2D eigenvalue weighted by molar-refractivity contribution is 0.669. The normalized spacial score (nSPS) is 13.0. The van der Waals surface area contributed by atoms with E-state index < -0.39 is 5.41 Å². The Hall–Kier alpha value is -7.20. The second-order valence-electron chi connectivity index (χ2n) is 15.2. The Morgan fingerprint density at radius 3 is 1.76 bits per heavy atom. The highest BCUT2D eigenvalue weighted by molar-refractivity contribution is 7.26. The standard InChI is InChI=1S/C55H35NOS/c1-3-14-37(15-4-1)55(48-22-10-7-18-43(48)44-19-8-11-23-49(44)55)38-28-32-47-53(34-38)58-52-25-13-21-42(54(47)52)36-26-29-40(30-27-36)56(39-16-5-2-6-17-39)41-31-33-46-45-20-9-12-24-50(45)57-51(46)35-41/h1-35H. The number of para-hydroxylation sites is 2. The summed E-state index contributed by atoms with van der Waals surface area (Å²) in [6.07, 6.45) is 0. The maximum Gasteiger partial charge on any atom is 0.137 e. The van der Waals surface area contributed by atoms with E-state index in [-0.39, 0.29) is 0 Å². The number of hydrogen-bond acceptors (Lipinski definition) is 3. The van der Waals surface area contributed by atoms with Crippen molar-refractivity contribution in [2.45, 2.75) is 5.41 Å². The van der Waals surface area contributed by atoms with Crippen molar-refractivity contribution >= 4 is 70.5 Å². The van der Waals surface area contributed by atoms with E-state index in [1.165, 1.54) is 64.7 Å². The lowest BCUT2D eigenvalue weighted by Gasteiger charge is -2.33. The molecule has 0 saturated carbocycles. The van der Waals surface area contributed by atoms with Crippen LogP contribution in [0.2, 0.25) is 0 Å². The molecular weight excluding hydrogens is 723 g/mol. The number of fused-ring (bicyclic) bond motifs is 9. The zero-order chi connectivity index (χ0) is 38.2. The first-order valence-corrected chi connectivity index (χ1v) is 20.6. The lowest BCUT2D eigenvalue weighted by Crippen LogP contribution is -2.28. The van der Waals surface area contributed by atoms with Gasteiger partial charge in [0.1, 0.15) is 11.2 Å². The summed E-state index contributed by atoms with van der Waals surface area (Å²) in [6, 6.07) is 77.4. The number of rotatable bonds is 6. The van der Waals surface area contributed by atoms with Gasteiger partial charge in [0.25, 0.3) is 0 Å². The number of nitrogens with zero attached hydrogens (tertiary/aromatic N) is 1. The van der Waals surface area contributed by atoms with Crippen LogP contribution in [-0.2, 0) is 5.41 Å². The summed E-state index contributed by atoms with van der Waals surface area (Å²) < 4.78 is 8.92. The maximum atomic E-state index is 6.33. The molecule has 0 atom stereocenters. The van der Waals surface area contributed by atoms with E-state index in [0.29, 0.717) is 0 Å². The average Bonchev–Trinajstić information content (AvgIpc) is 3.95. The van der Waals surface area contributed by atoms with Crippen LogP contribution in [0.1, 0.15) is 22.3 Å². The molecule has 0 aliphatic heterocycles. The van der Waals surface area contributed by atoms with Crippen LogP contribution in [-0.4, -0.2) is 0 Å². The van der Waals surface area contributed by atoms with Crippen molar-refractivity contribution in [3.05, 3.63) is 235 Å². The highest BCUT2D eigenvalue weighted by Gasteiger charge is 2.46. The summed E-state index contributed by atoms with van der Waals surface area (Å²) in [5.74, 6) is 0. The summed E-state index contributed by atoms with van der Waals surface area (Å²) in [5, 5.41) is 4.85. The van der Waals surface area contributed by atoms with E-state index in [4.69, 9.17) is 4.42 Å². The first kappa shape index (κ1) is 33.0. The van der Waals surface area contributed by atoms with Crippen molar-refractivity contribution in [1.29, 1.82) is 0 Å². The van der Waals surface area contributed by atoms with E-state index in [0.717, 1.165) is 39.0 Å². The molecule has 0 amide bonds. The van der Waals surface area contributed by atoms with Crippen molar-refractivity contribution in [3.8, 4) is 22.3 Å². The molecule has 0 saturated heterocycles. The minimum atomic E-state index is -0.420. The van der Waals surface area contributed by atoms with Gasteiger partial charge in [0.05, 0.1) is 5.41 Å². The predicted molar refractivity (Wildman–Crippen MR) is 244 cm³/mol. The highest BCUT2D eigenvalue weighted by atomic mass is 32.1. The predicted octanol–water partition coefficient (Wildman–Crippen LogP) is 15.5. The van der Waals surface area contributed by atoms with Crippen molar-refractivity contribution in [3.63, 3.8) is 0 Å². The largest absolute Gasteiger partial charge is 0.456 e. The summed E-state index contributed by atoms with van der Waals surface area (Å²) in [5.41, 5.74) is 14.9. The van der Waals surface area contributed by atoms with E-state index >= 15 is 0 Å². The maximum absolute atomic E-state index is 6.33. The minimum absolute atomic E-state index is 0.420. The molecule has 2 heterocycles. The monoisotopic (exact) mass is 757 g/mol. The average molecular weight is 758 g/mol. The molecule has 0 fully saturated rings. The van der Waals surface area contributed by atoms with E-state index in [2.05, 4.69) is 205 Å². The van der Waals surface area contributed by atoms with Gasteiger partial charge in [-0.15, -0.1) is 11.3 Å². The van der Waals surface area contributed by atoms with Gasteiger partial charge in [-0.2, -0.15) is 0 Å². The van der Waals surface area contributed by atoms with Crippen LogP contribution in [0.3, 0.4) is 0 Å². The van der Waals surface area contributed by atoms with Gasteiger partial charge in [-0.3, -0.25) is 0 Å². The minimum Gasteiger partial charge on any atom is -0.456 e. The summed E-state index contributed by atoms with van der Waals surface area (Å²) in [6.45, 7) is 0. The van der Waals surface area contributed by atoms with Gasteiger partial charge in [-0.1, -0.05) is 152 Å². The molecule has 0 bridgehead atoms. The lowest BCUT2D eigenvalue weighted by atomic mass is 9.67. The van der Waals surface area contributed by atoms with Crippen molar-refractivity contribution in [2.24, 2.45) is 0 Å². The van der Waals surface area contributed by atoms with Crippen LogP contribution >= 0.6 is 11.3 Å². The third-order valence-corrected chi connectivity index (χ3v) is 13.3. The molecule has 2 aromatic heterocycles. The van der Waals surface area contributed by atoms with Crippen LogP contribution in [0.15, 0.2) is 217 Å². The molecule has 0 spiro atoms. The SMILES string of the molecule is c1ccc(N(c2ccc(-c3cccc4sc5cc(C6(c7ccccc7)c7ccccc7-c7ccccc76)ccc5c34)cc2)c2ccc3c(c2)oc2ccccc23)cc1. The molecule has 0 N–H and O–H groups in total. The van der Waals surface area contributed by atoms with Crippen molar-refractivity contribution in [1.82, 2.24) is 0 Å². The zero-order valence-corrected chi connectivity index (χ0v) is 32.3. The fraction of sp³-hybridized carbons (Fsp3) is 0.0182. The molecule has 3 heteroatoms. The third kappa shape index (κ3) is 4.84. The van der Waals surface area contributed by atoms with Crippen molar-refractivity contribution < 1.29 is 4.42 Å². The first-order chi connectivity index (χ1) is 28.8. The van der Waals surface area contributed by atoms with Gasteiger partial charge in [0, 0.05) is 54.1 Å². The van der Waals surface area contributed by atoms with Gasteiger partial charge < -0.3 is 9.32 Å². The molecule has 1 aliphatic rings. The Kier molecular flexibility index (Phi) is 7.35. The van der Waals surface area contributed by atoms with Crippen LogP contribution in [0, 0.1) is 0 Å². The van der Waals surface area contributed by atoms with E-state index in [9.17, 15) is 0 Å². The van der Waals surface area contributed by atoms with Gasteiger partial charge in [-0.25, -0.2) is 0 Å². The number of anilines is 3. The Morgan fingerprint density at radius 2 is 0.983 bits per heavy atom. The number of hydrogen-bond donors (Lipinski definition) is 0. The molecule has 11 aromatic rings. The topological polar surface area (TPSA) is 16.4 Å². The first-order valence-electron chi connectivity index (χ1n) is 19.8. The second-order valence-corrected chi connectivity index (χ2v) is 16.3. The number of furan rings is 1. The Bertz CT molecular complexity index is 3300. The van der Waals surface area contributed by atoms with Crippen molar-refractivity contribution in [2.75, 3.05) is 4.90 Å². The Morgan fingerprint density at radius 1 is 0.379 bits per heavy atom. The van der Waals surface area contributed by atoms with Crippen LogP contribution < -0.4 is 4.90 Å². The highest BCUT2D eigenvalue weighted by Crippen LogP contribution is 2.57. The molecule has 12 rings (SSSR count). The van der Waals surface area contributed by atoms with Crippen LogP contribution in [0.25, 0.3) is 64.4 Å². The molecule has 272 valence electrons. The Balaban J connectivity index is 0.981. The van der Waals surface area contributed by atoms with Gasteiger partial charge in [-0.05, 0) is 99.1 Å². The molecule has 0 radical (unpaired) electrons. The van der Waals surface area contributed by atoms with Gasteiger partial charge in [0.2, 0.25) is 0 Å². The van der Waals surface area contributed by atoms with Crippen LogP contribution in [0.4, 0.5) is 17.1 Å². The van der Waals surface area contributed by atoms with Crippen LogP contribution in [0.5, 0.6) is 0 Å². The quantitative estimate of drug-likeness (QED) is 0.168. The second kappa shape index (κ2) is 12.9. The zero-order valence-electron chi connectivity index (χ0n) is 31.5. The van der Waals surface area contributed by atoms with Gasteiger partial charge >= 0.3 is 0 Å². The molecule has 9 aromatic carbocycles. The molecule has 0 unspecified atom stereocenters. The Labute approximate surface area is 340 Å². The fourth-order valence-corrected chi connectivity index (χ4v) is 10.9. The van der Waals surface area contributed by atoms with E-state index in [1.54, 1.807) is 0 Å². The molecule has 1 aliphatic carbocycles. The van der Waals surface area contributed by atoms with E-state index in [1.807, 2.05) is 23.5 Å². The number of thiophene rings is 1. The third-order valence-electron chi connectivity index (χ3n) is 12.2. The molecular formula is C55H35NOS. The molecule has 58 heavy (non-hydrogen) atoms. The summed E-state index contributed by atoms with van der Waals surface area (Å²) in [7, 11) is 0. The summed E-state index contributed by atoms with van der Waals surface area (Å²) >= 11 is 1.89. The van der Waals surface area contributed by atoms with Gasteiger partial charge in [0.15, 0.2) is 0 Å². The molecule has 2 nitrogen and oxygen atoms in total.